The lowest BCUT2D eigenvalue weighted by Crippen LogP contribution is -2.37. The van der Waals surface area contributed by atoms with Gasteiger partial charge < -0.3 is 14.7 Å². The van der Waals surface area contributed by atoms with Crippen molar-refractivity contribution in [2.75, 3.05) is 20.3 Å². The van der Waals surface area contributed by atoms with Gasteiger partial charge in [0.15, 0.2) is 0 Å². The average Bonchev–Trinajstić information content (AvgIpc) is 2.46. The van der Waals surface area contributed by atoms with Crippen molar-refractivity contribution in [2.45, 2.75) is 18.6 Å². The number of carbonyl (C=O) groups excluding carboxylic acids is 1. The highest BCUT2D eigenvalue weighted by Crippen LogP contribution is 2.18. The Bertz CT molecular complexity index is 205. The van der Waals surface area contributed by atoms with Crippen molar-refractivity contribution in [3.8, 4) is 0 Å². The monoisotopic (exact) mass is 185 g/mol. The number of nitrogens with zero attached hydrogens (tertiary/aromatic N) is 1. The van der Waals surface area contributed by atoms with Gasteiger partial charge in [-0.2, -0.15) is 0 Å². The summed E-state index contributed by atoms with van der Waals surface area (Å²) in [5.74, 6) is -0.140. The molecule has 1 aliphatic rings. The van der Waals surface area contributed by atoms with Crippen molar-refractivity contribution in [3.05, 3.63) is 12.7 Å². The third-order valence-corrected chi connectivity index (χ3v) is 2.21. The first kappa shape index (κ1) is 10.2. The molecule has 0 bridgehead atoms. The van der Waals surface area contributed by atoms with Crippen LogP contribution in [0.15, 0.2) is 12.7 Å². The summed E-state index contributed by atoms with van der Waals surface area (Å²) in [7, 11) is 1.58. The maximum Gasteiger partial charge on any atom is 0.246 e. The molecule has 2 atom stereocenters. The van der Waals surface area contributed by atoms with Crippen LogP contribution in [0.25, 0.3) is 0 Å². The fourth-order valence-corrected chi connectivity index (χ4v) is 1.63. The quantitative estimate of drug-likeness (QED) is 0.618. The zero-order chi connectivity index (χ0) is 9.84. The van der Waals surface area contributed by atoms with Crippen molar-refractivity contribution in [1.29, 1.82) is 0 Å². The van der Waals surface area contributed by atoms with Gasteiger partial charge in [0.2, 0.25) is 5.91 Å². The zero-order valence-corrected chi connectivity index (χ0v) is 7.77. The second-order valence-corrected chi connectivity index (χ2v) is 3.19. The summed E-state index contributed by atoms with van der Waals surface area (Å²) in [6.45, 7) is 4.27. The molecule has 1 rings (SSSR count). The van der Waals surface area contributed by atoms with Crippen LogP contribution in [0.4, 0.5) is 0 Å². The Hall–Kier alpha value is -0.870. The SMILES string of the molecule is C=CC(=O)N1C[C@H](O)C[C@H]1COC. The number of hydrogen-bond donors (Lipinski definition) is 1. The minimum atomic E-state index is -0.427. The lowest BCUT2D eigenvalue weighted by molar-refractivity contribution is -0.127. The van der Waals surface area contributed by atoms with E-state index < -0.39 is 6.10 Å². The van der Waals surface area contributed by atoms with E-state index in [4.69, 9.17) is 4.74 Å². The van der Waals surface area contributed by atoms with E-state index in [0.717, 1.165) is 0 Å². The van der Waals surface area contributed by atoms with Crippen LogP contribution in [0, 0.1) is 0 Å². The number of methoxy groups -OCH3 is 1. The summed E-state index contributed by atoms with van der Waals surface area (Å²) in [6, 6.07) is -0.00880. The Kier molecular flexibility index (Phi) is 3.45. The van der Waals surface area contributed by atoms with Gasteiger partial charge in [-0.25, -0.2) is 0 Å². The molecule has 1 heterocycles. The Labute approximate surface area is 77.8 Å². The largest absolute Gasteiger partial charge is 0.391 e. The third-order valence-electron chi connectivity index (χ3n) is 2.21. The number of rotatable bonds is 3. The molecule has 0 unspecified atom stereocenters. The molecule has 0 aromatic carbocycles. The van der Waals surface area contributed by atoms with Crippen LogP contribution in [0.3, 0.4) is 0 Å². The van der Waals surface area contributed by atoms with Gasteiger partial charge in [0, 0.05) is 13.7 Å². The van der Waals surface area contributed by atoms with E-state index in [0.29, 0.717) is 19.6 Å². The van der Waals surface area contributed by atoms with E-state index in [9.17, 15) is 9.90 Å². The number of aliphatic hydroxyl groups is 1. The van der Waals surface area contributed by atoms with E-state index in [2.05, 4.69) is 6.58 Å². The van der Waals surface area contributed by atoms with Gasteiger partial charge in [0.25, 0.3) is 0 Å². The first-order valence-electron chi connectivity index (χ1n) is 4.29. The molecule has 0 radical (unpaired) electrons. The van der Waals surface area contributed by atoms with Crippen LogP contribution in [0.2, 0.25) is 0 Å². The van der Waals surface area contributed by atoms with Crippen molar-refractivity contribution in [3.63, 3.8) is 0 Å². The number of hydrogen-bond acceptors (Lipinski definition) is 3. The summed E-state index contributed by atoms with van der Waals surface area (Å²) >= 11 is 0. The van der Waals surface area contributed by atoms with Crippen LogP contribution < -0.4 is 0 Å². The lowest BCUT2D eigenvalue weighted by atomic mass is 10.2. The van der Waals surface area contributed by atoms with E-state index in [-0.39, 0.29) is 11.9 Å². The molecule has 1 amide bonds. The summed E-state index contributed by atoms with van der Waals surface area (Å²) in [5, 5.41) is 9.36. The van der Waals surface area contributed by atoms with Crippen LogP contribution in [-0.2, 0) is 9.53 Å². The minimum absolute atomic E-state index is 0.00880. The molecule has 4 nitrogen and oxygen atoms in total. The fourth-order valence-electron chi connectivity index (χ4n) is 1.63. The minimum Gasteiger partial charge on any atom is -0.391 e. The van der Waals surface area contributed by atoms with Crippen molar-refractivity contribution >= 4 is 5.91 Å². The van der Waals surface area contributed by atoms with Gasteiger partial charge >= 0.3 is 0 Å². The van der Waals surface area contributed by atoms with E-state index in [1.807, 2.05) is 0 Å². The molecule has 4 heteroatoms. The maximum absolute atomic E-state index is 11.3. The Balaban J connectivity index is 2.59. The molecular formula is C9H15NO3. The normalized spacial score (nSPS) is 27.7. The molecule has 0 saturated carbocycles. The number of amides is 1. The Morgan fingerprint density at radius 3 is 3.08 bits per heavy atom. The van der Waals surface area contributed by atoms with Crippen LogP contribution in [0.1, 0.15) is 6.42 Å². The molecule has 0 aliphatic carbocycles. The Morgan fingerprint density at radius 1 is 1.85 bits per heavy atom. The highest BCUT2D eigenvalue weighted by atomic mass is 16.5. The first-order chi connectivity index (χ1) is 6.19. The van der Waals surface area contributed by atoms with Gasteiger partial charge in [-0.15, -0.1) is 0 Å². The second-order valence-electron chi connectivity index (χ2n) is 3.19. The summed E-state index contributed by atoms with van der Waals surface area (Å²) in [4.78, 5) is 12.9. The van der Waals surface area contributed by atoms with Crippen LogP contribution in [-0.4, -0.2) is 48.3 Å². The lowest BCUT2D eigenvalue weighted by Gasteiger charge is -2.21. The topological polar surface area (TPSA) is 49.8 Å². The highest BCUT2D eigenvalue weighted by Gasteiger charge is 2.32. The molecule has 0 aromatic heterocycles. The predicted molar refractivity (Wildman–Crippen MR) is 48.2 cm³/mol. The number of ether oxygens (including phenoxy) is 1. The third kappa shape index (κ3) is 2.29. The highest BCUT2D eigenvalue weighted by molar-refractivity contribution is 5.87. The predicted octanol–water partition coefficient (Wildman–Crippen LogP) is -0.219. The molecule has 1 fully saturated rings. The number of β-amino-alcohol motifs (C(OH)–C–C–N with tert-alkyl or cyclic N) is 1. The number of likely N-dealkylation sites (tertiary alicyclic amines) is 1. The standard InChI is InChI=1S/C9H15NO3/c1-3-9(12)10-5-8(11)4-7(10)6-13-2/h3,7-8,11H,1,4-6H2,2H3/t7-,8+/m0/s1. The van der Waals surface area contributed by atoms with E-state index in [1.54, 1.807) is 12.0 Å². The molecule has 74 valence electrons. The second kappa shape index (κ2) is 4.39. The maximum atomic E-state index is 11.3. The molecule has 1 N–H and O–H groups in total. The molecule has 1 aliphatic heterocycles. The van der Waals surface area contributed by atoms with Gasteiger partial charge in [-0.3, -0.25) is 4.79 Å². The van der Waals surface area contributed by atoms with Gasteiger partial charge in [0.1, 0.15) is 0 Å². The molecule has 0 aromatic rings. The zero-order valence-electron chi connectivity index (χ0n) is 7.77. The van der Waals surface area contributed by atoms with Crippen molar-refractivity contribution < 1.29 is 14.6 Å². The van der Waals surface area contributed by atoms with Gasteiger partial charge in [-0.05, 0) is 12.5 Å². The van der Waals surface area contributed by atoms with Crippen LogP contribution in [0.5, 0.6) is 0 Å². The number of aliphatic hydroxyl groups excluding tert-OH is 1. The number of carbonyl (C=O) groups is 1. The van der Waals surface area contributed by atoms with Crippen LogP contribution >= 0.6 is 0 Å². The summed E-state index contributed by atoms with van der Waals surface area (Å²) in [5.41, 5.74) is 0. The summed E-state index contributed by atoms with van der Waals surface area (Å²) in [6.07, 6.45) is 1.43. The summed E-state index contributed by atoms with van der Waals surface area (Å²) < 4.78 is 4.96. The average molecular weight is 185 g/mol. The van der Waals surface area contributed by atoms with Crippen molar-refractivity contribution in [1.82, 2.24) is 4.90 Å². The molecule has 13 heavy (non-hydrogen) atoms. The molecular weight excluding hydrogens is 170 g/mol. The van der Waals surface area contributed by atoms with Crippen molar-refractivity contribution in [2.24, 2.45) is 0 Å². The van der Waals surface area contributed by atoms with Gasteiger partial charge in [0.05, 0.1) is 18.8 Å². The van der Waals surface area contributed by atoms with E-state index in [1.165, 1.54) is 6.08 Å². The molecule has 0 spiro atoms. The smallest absolute Gasteiger partial charge is 0.246 e. The Morgan fingerprint density at radius 2 is 2.54 bits per heavy atom. The van der Waals surface area contributed by atoms with E-state index >= 15 is 0 Å². The first-order valence-corrected chi connectivity index (χ1v) is 4.29. The molecule has 1 saturated heterocycles. The van der Waals surface area contributed by atoms with Gasteiger partial charge in [-0.1, -0.05) is 6.58 Å². The fraction of sp³-hybridized carbons (Fsp3) is 0.667.